The topological polar surface area (TPSA) is 88.6 Å². The Kier molecular flexibility index (Phi) is 7.10. The molecule has 31 heavy (non-hydrogen) atoms. The second-order valence-corrected chi connectivity index (χ2v) is 6.48. The number of aromatic nitrogens is 2. The lowest BCUT2D eigenvalue weighted by Gasteiger charge is -2.27. The molecule has 1 aromatic heterocycles. The minimum Gasteiger partial charge on any atom is -0.489 e. The summed E-state index contributed by atoms with van der Waals surface area (Å²) in [6, 6.07) is 4.48. The molecule has 1 aromatic carbocycles. The molecule has 12 heteroatoms. The summed E-state index contributed by atoms with van der Waals surface area (Å²) in [5, 5.41) is 5.14. The Bertz CT molecular complexity index is 920. The van der Waals surface area contributed by atoms with Crippen LogP contribution >= 0.6 is 0 Å². The fourth-order valence-electron chi connectivity index (χ4n) is 2.94. The molecular formula is C19H21F4N5O3. The first kappa shape index (κ1) is 22.5. The summed E-state index contributed by atoms with van der Waals surface area (Å²) in [5.41, 5.74) is -0.416. The maximum absolute atomic E-state index is 13.0. The summed E-state index contributed by atoms with van der Waals surface area (Å²) < 4.78 is 62.4. The number of halogens is 4. The van der Waals surface area contributed by atoms with Crippen molar-refractivity contribution in [1.29, 1.82) is 0 Å². The molecule has 2 heterocycles. The van der Waals surface area contributed by atoms with Gasteiger partial charge in [0.05, 0.1) is 18.9 Å². The first-order valence-corrected chi connectivity index (χ1v) is 9.42. The van der Waals surface area contributed by atoms with Crippen molar-refractivity contribution in [2.45, 2.75) is 6.18 Å². The standard InChI is InChI=1S/C19H21F4N5O3/c1-24-16-13(19(21,22)23)11-25-18(27-16)26-14-3-2-12(10-15(14)31-7-4-20)17(29)28-5-8-30-9-6-28/h2-3,10-11H,4-9H2,1H3,(H2,24,25,26,27). The van der Waals surface area contributed by atoms with Crippen LogP contribution in [0, 0.1) is 0 Å². The second-order valence-electron chi connectivity index (χ2n) is 6.48. The number of nitrogens with zero attached hydrogens (tertiary/aromatic N) is 3. The number of hydrogen-bond acceptors (Lipinski definition) is 7. The van der Waals surface area contributed by atoms with Crippen LogP contribution in [0.4, 0.5) is 35.0 Å². The van der Waals surface area contributed by atoms with E-state index in [0.29, 0.717) is 38.1 Å². The smallest absolute Gasteiger partial charge is 0.421 e. The lowest BCUT2D eigenvalue weighted by molar-refractivity contribution is -0.137. The van der Waals surface area contributed by atoms with E-state index < -0.39 is 24.2 Å². The molecule has 0 spiro atoms. The number of amides is 1. The Labute approximate surface area is 175 Å². The van der Waals surface area contributed by atoms with E-state index in [1.54, 1.807) is 4.90 Å². The number of alkyl halides is 4. The Morgan fingerprint density at radius 1 is 1.29 bits per heavy atom. The number of ether oxygens (including phenoxy) is 2. The summed E-state index contributed by atoms with van der Waals surface area (Å²) >= 11 is 0. The Morgan fingerprint density at radius 2 is 2.03 bits per heavy atom. The molecule has 0 radical (unpaired) electrons. The molecule has 1 saturated heterocycles. The number of rotatable bonds is 7. The number of hydrogen-bond donors (Lipinski definition) is 2. The van der Waals surface area contributed by atoms with Gasteiger partial charge in [0.25, 0.3) is 5.91 Å². The zero-order valence-corrected chi connectivity index (χ0v) is 16.6. The van der Waals surface area contributed by atoms with Gasteiger partial charge in [0.1, 0.15) is 30.4 Å². The molecular weight excluding hydrogens is 422 g/mol. The van der Waals surface area contributed by atoms with Crippen molar-refractivity contribution in [3.05, 3.63) is 35.5 Å². The van der Waals surface area contributed by atoms with E-state index in [1.165, 1.54) is 25.2 Å². The first-order valence-electron chi connectivity index (χ1n) is 9.42. The van der Waals surface area contributed by atoms with E-state index >= 15 is 0 Å². The van der Waals surface area contributed by atoms with Gasteiger partial charge in [0, 0.05) is 31.9 Å². The number of carbonyl (C=O) groups excluding carboxylic acids is 1. The predicted molar refractivity (Wildman–Crippen MR) is 104 cm³/mol. The Balaban J connectivity index is 1.87. The highest BCUT2D eigenvalue weighted by atomic mass is 19.4. The number of benzene rings is 1. The highest BCUT2D eigenvalue weighted by Crippen LogP contribution is 2.34. The van der Waals surface area contributed by atoms with Crippen molar-refractivity contribution < 1.29 is 31.8 Å². The van der Waals surface area contributed by atoms with Gasteiger partial charge in [-0.2, -0.15) is 18.2 Å². The van der Waals surface area contributed by atoms with Crippen LogP contribution in [0.2, 0.25) is 0 Å². The third kappa shape index (κ3) is 5.51. The molecule has 0 bridgehead atoms. The predicted octanol–water partition coefficient (Wildman–Crippen LogP) is 3.10. The van der Waals surface area contributed by atoms with Crippen molar-refractivity contribution in [2.24, 2.45) is 0 Å². The summed E-state index contributed by atoms with van der Waals surface area (Å²) in [5.74, 6) is -0.625. The molecule has 0 saturated carbocycles. The molecule has 2 aromatic rings. The van der Waals surface area contributed by atoms with E-state index in [9.17, 15) is 22.4 Å². The lowest BCUT2D eigenvalue weighted by atomic mass is 10.1. The summed E-state index contributed by atoms with van der Waals surface area (Å²) in [6.07, 6.45) is -3.96. The average molecular weight is 443 g/mol. The maximum atomic E-state index is 13.0. The van der Waals surface area contributed by atoms with E-state index in [-0.39, 0.29) is 29.9 Å². The maximum Gasteiger partial charge on any atom is 0.421 e. The highest BCUT2D eigenvalue weighted by Gasteiger charge is 2.35. The monoisotopic (exact) mass is 443 g/mol. The van der Waals surface area contributed by atoms with Gasteiger partial charge in [-0.3, -0.25) is 4.79 Å². The quantitative estimate of drug-likeness (QED) is 0.636. The van der Waals surface area contributed by atoms with Crippen molar-refractivity contribution in [3.8, 4) is 5.75 Å². The number of morpholine rings is 1. The Morgan fingerprint density at radius 3 is 2.68 bits per heavy atom. The fourth-order valence-corrected chi connectivity index (χ4v) is 2.94. The van der Waals surface area contributed by atoms with Gasteiger partial charge in [-0.15, -0.1) is 0 Å². The van der Waals surface area contributed by atoms with Crippen LogP contribution in [0.15, 0.2) is 24.4 Å². The molecule has 0 unspecified atom stereocenters. The molecule has 168 valence electrons. The molecule has 1 amide bonds. The molecule has 8 nitrogen and oxygen atoms in total. The van der Waals surface area contributed by atoms with Gasteiger partial charge in [-0.1, -0.05) is 0 Å². The number of carbonyl (C=O) groups is 1. The van der Waals surface area contributed by atoms with Crippen molar-refractivity contribution in [3.63, 3.8) is 0 Å². The van der Waals surface area contributed by atoms with Gasteiger partial charge >= 0.3 is 6.18 Å². The minimum atomic E-state index is -4.62. The van der Waals surface area contributed by atoms with Crippen LogP contribution in [-0.4, -0.2) is 67.4 Å². The molecule has 2 N–H and O–H groups in total. The van der Waals surface area contributed by atoms with E-state index in [2.05, 4.69) is 20.6 Å². The van der Waals surface area contributed by atoms with Crippen molar-refractivity contribution >= 4 is 23.4 Å². The molecule has 1 fully saturated rings. The third-order valence-corrected chi connectivity index (χ3v) is 4.44. The normalized spacial score (nSPS) is 14.3. The van der Waals surface area contributed by atoms with Crippen LogP contribution in [-0.2, 0) is 10.9 Å². The van der Waals surface area contributed by atoms with Gasteiger partial charge in [-0.05, 0) is 18.2 Å². The van der Waals surface area contributed by atoms with E-state index in [0.717, 1.165) is 0 Å². The largest absolute Gasteiger partial charge is 0.489 e. The highest BCUT2D eigenvalue weighted by molar-refractivity contribution is 5.95. The van der Waals surface area contributed by atoms with Crippen LogP contribution < -0.4 is 15.4 Å². The van der Waals surface area contributed by atoms with Crippen LogP contribution in [0.3, 0.4) is 0 Å². The zero-order chi connectivity index (χ0) is 22.4. The molecule has 0 aliphatic carbocycles. The van der Waals surface area contributed by atoms with Crippen LogP contribution in [0.25, 0.3) is 0 Å². The summed E-state index contributed by atoms with van der Waals surface area (Å²) in [7, 11) is 1.31. The van der Waals surface area contributed by atoms with Crippen LogP contribution in [0.5, 0.6) is 5.75 Å². The summed E-state index contributed by atoms with van der Waals surface area (Å²) in [4.78, 5) is 21.9. The Hall–Kier alpha value is -3.15. The fraction of sp³-hybridized carbons (Fsp3) is 0.421. The van der Waals surface area contributed by atoms with Gasteiger partial charge in [0.2, 0.25) is 5.95 Å². The molecule has 1 aliphatic rings. The third-order valence-electron chi connectivity index (χ3n) is 4.44. The van der Waals surface area contributed by atoms with E-state index in [1.807, 2.05) is 0 Å². The molecule has 3 rings (SSSR count). The summed E-state index contributed by atoms with van der Waals surface area (Å²) in [6.45, 7) is 0.754. The number of anilines is 3. The zero-order valence-electron chi connectivity index (χ0n) is 16.6. The van der Waals surface area contributed by atoms with Gasteiger partial charge < -0.3 is 25.0 Å². The average Bonchev–Trinajstić information content (AvgIpc) is 2.77. The number of nitrogens with one attached hydrogen (secondary N) is 2. The molecule has 1 aliphatic heterocycles. The van der Waals surface area contributed by atoms with Crippen molar-refractivity contribution in [1.82, 2.24) is 14.9 Å². The second kappa shape index (κ2) is 9.77. The van der Waals surface area contributed by atoms with E-state index in [4.69, 9.17) is 9.47 Å². The molecule has 0 atom stereocenters. The SMILES string of the molecule is CNc1nc(Nc2ccc(C(=O)N3CCOCC3)cc2OCCF)ncc1C(F)(F)F. The van der Waals surface area contributed by atoms with Crippen molar-refractivity contribution in [2.75, 3.05) is 57.3 Å². The first-order chi connectivity index (χ1) is 14.8. The van der Waals surface area contributed by atoms with Gasteiger partial charge in [0.15, 0.2) is 0 Å². The van der Waals surface area contributed by atoms with Crippen LogP contribution in [0.1, 0.15) is 15.9 Å². The lowest BCUT2D eigenvalue weighted by Crippen LogP contribution is -2.40. The van der Waals surface area contributed by atoms with Gasteiger partial charge in [-0.25, -0.2) is 9.37 Å². The minimum absolute atomic E-state index is 0.130.